The number of hydrogen-bond donors (Lipinski definition) is 0. The highest BCUT2D eigenvalue weighted by Crippen LogP contribution is 2.28. The zero-order valence-electron chi connectivity index (χ0n) is 13.5. The molecule has 0 aliphatic carbocycles. The van der Waals surface area contributed by atoms with Gasteiger partial charge in [0.05, 0.1) is 10.6 Å². The summed E-state index contributed by atoms with van der Waals surface area (Å²) in [6, 6.07) is 5.24. The number of aryl methyl sites for hydroxylation is 3. The molecule has 0 radical (unpaired) electrons. The summed E-state index contributed by atoms with van der Waals surface area (Å²) in [7, 11) is -1.57. The number of nitrogens with zero attached hydrogens (tertiary/aromatic N) is 4. The molecule has 3 rings (SSSR count). The quantitative estimate of drug-likeness (QED) is 0.737. The Morgan fingerprint density at radius 2 is 1.91 bits per heavy atom. The Balaban J connectivity index is 2.35. The van der Waals surface area contributed by atoms with Crippen LogP contribution in [0.3, 0.4) is 0 Å². The highest BCUT2D eigenvalue weighted by atomic mass is 32.2. The van der Waals surface area contributed by atoms with Gasteiger partial charge in [0.1, 0.15) is 11.2 Å². The highest BCUT2D eigenvalue weighted by molar-refractivity contribution is 7.91. The number of aromatic nitrogens is 4. The van der Waals surface area contributed by atoms with Gasteiger partial charge in [0.15, 0.2) is 21.3 Å². The fourth-order valence-corrected chi connectivity index (χ4v) is 3.52. The van der Waals surface area contributed by atoms with Crippen LogP contribution in [0.25, 0.3) is 22.7 Å². The fraction of sp³-hybridized carbons (Fsp3) is 0.312. The molecule has 3 aromatic heterocycles. The Bertz CT molecular complexity index is 1010. The van der Waals surface area contributed by atoms with Crippen LogP contribution in [0.5, 0.6) is 0 Å². The third-order valence-corrected chi connectivity index (χ3v) is 5.53. The number of rotatable bonds is 3. The van der Waals surface area contributed by atoms with E-state index in [4.69, 9.17) is 0 Å². The molecule has 120 valence electrons. The lowest BCUT2D eigenvalue weighted by Gasteiger charge is -2.09. The van der Waals surface area contributed by atoms with Crippen LogP contribution >= 0.6 is 0 Å². The summed E-state index contributed by atoms with van der Waals surface area (Å²) in [5.41, 5.74) is 3.55. The first-order chi connectivity index (χ1) is 10.8. The van der Waals surface area contributed by atoms with Crippen molar-refractivity contribution in [2.45, 2.75) is 25.7 Å². The Morgan fingerprint density at radius 1 is 1.17 bits per heavy atom. The fourth-order valence-electron chi connectivity index (χ4n) is 2.50. The van der Waals surface area contributed by atoms with E-state index < -0.39 is 9.84 Å². The van der Waals surface area contributed by atoms with Gasteiger partial charge in [-0.25, -0.2) is 23.4 Å². The van der Waals surface area contributed by atoms with Gasteiger partial charge in [0, 0.05) is 18.9 Å². The maximum atomic E-state index is 12.4. The van der Waals surface area contributed by atoms with E-state index in [1.807, 2.05) is 27.0 Å². The largest absolute Gasteiger partial charge is 0.310 e. The average molecular weight is 330 g/mol. The van der Waals surface area contributed by atoms with E-state index in [0.717, 1.165) is 16.8 Å². The molecule has 0 aromatic carbocycles. The molecule has 3 aromatic rings. The molecule has 0 N–H and O–H groups in total. The van der Waals surface area contributed by atoms with Crippen LogP contribution in [0.2, 0.25) is 0 Å². The third-order valence-electron chi connectivity index (χ3n) is 3.77. The third kappa shape index (κ3) is 2.61. The molecule has 6 nitrogen and oxygen atoms in total. The minimum absolute atomic E-state index is 0.0199. The predicted molar refractivity (Wildman–Crippen MR) is 88.9 cm³/mol. The topological polar surface area (TPSA) is 77.7 Å². The smallest absolute Gasteiger partial charge is 0.180 e. The molecular weight excluding hydrogens is 312 g/mol. The van der Waals surface area contributed by atoms with Crippen LogP contribution in [0.1, 0.15) is 18.2 Å². The van der Waals surface area contributed by atoms with Crippen molar-refractivity contribution < 1.29 is 8.42 Å². The predicted octanol–water partition coefficient (Wildman–Crippen LogP) is 2.44. The molecule has 0 unspecified atom stereocenters. The summed E-state index contributed by atoms with van der Waals surface area (Å²) in [5, 5.41) is 0. The number of imidazole rings is 1. The second-order valence-electron chi connectivity index (χ2n) is 5.55. The lowest BCUT2D eigenvalue weighted by atomic mass is 10.3. The van der Waals surface area contributed by atoms with Crippen molar-refractivity contribution in [3.63, 3.8) is 0 Å². The molecule has 0 spiro atoms. The van der Waals surface area contributed by atoms with Gasteiger partial charge in [-0.2, -0.15) is 0 Å². The first kappa shape index (κ1) is 15.6. The van der Waals surface area contributed by atoms with Crippen molar-refractivity contribution in [2.24, 2.45) is 7.05 Å². The molecule has 7 heteroatoms. The van der Waals surface area contributed by atoms with Crippen LogP contribution in [0.4, 0.5) is 0 Å². The van der Waals surface area contributed by atoms with E-state index in [-0.39, 0.29) is 10.6 Å². The average Bonchev–Trinajstić information content (AvgIpc) is 2.83. The summed E-state index contributed by atoms with van der Waals surface area (Å²) in [6.07, 6.45) is 1.77. The second kappa shape index (κ2) is 5.42. The van der Waals surface area contributed by atoms with Crippen LogP contribution in [-0.4, -0.2) is 33.7 Å². The maximum Gasteiger partial charge on any atom is 0.180 e. The van der Waals surface area contributed by atoms with Gasteiger partial charge in [-0.1, -0.05) is 6.92 Å². The van der Waals surface area contributed by atoms with E-state index in [9.17, 15) is 8.42 Å². The SMILES string of the molecule is CCS(=O)(=O)c1ccc(C)nc1-c1nc2cc(C)cnc2n1C. The second-order valence-corrected chi connectivity index (χ2v) is 7.80. The Kier molecular flexibility index (Phi) is 3.68. The van der Waals surface area contributed by atoms with Crippen molar-refractivity contribution in [3.8, 4) is 11.5 Å². The zero-order valence-corrected chi connectivity index (χ0v) is 14.3. The number of sulfone groups is 1. The summed E-state index contributed by atoms with van der Waals surface area (Å²) >= 11 is 0. The van der Waals surface area contributed by atoms with Gasteiger partial charge in [-0.05, 0) is 37.6 Å². The molecule has 0 atom stereocenters. The van der Waals surface area contributed by atoms with Gasteiger partial charge in [0.25, 0.3) is 0 Å². The maximum absolute atomic E-state index is 12.4. The lowest BCUT2D eigenvalue weighted by Crippen LogP contribution is -2.09. The minimum Gasteiger partial charge on any atom is -0.310 e. The van der Waals surface area contributed by atoms with E-state index in [2.05, 4.69) is 15.0 Å². The zero-order chi connectivity index (χ0) is 16.8. The molecule has 0 aliphatic rings. The molecule has 0 bridgehead atoms. The molecule has 23 heavy (non-hydrogen) atoms. The van der Waals surface area contributed by atoms with Crippen LogP contribution in [0.15, 0.2) is 29.3 Å². The van der Waals surface area contributed by atoms with Gasteiger partial charge in [0.2, 0.25) is 0 Å². The van der Waals surface area contributed by atoms with Crippen LogP contribution < -0.4 is 0 Å². The molecule has 0 amide bonds. The summed E-state index contributed by atoms with van der Waals surface area (Å²) in [6.45, 7) is 5.40. The van der Waals surface area contributed by atoms with Crippen LogP contribution in [-0.2, 0) is 16.9 Å². The van der Waals surface area contributed by atoms with E-state index in [1.165, 1.54) is 0 Å². The first-order valence-corrected chi connectivity index (χ1v) is 8.98. The first-order valence-electron chi connectivity index (χ1n) is 7.33. The molecule has 0 saturated heterocycles. The molecule has 0 saturated carbocycles. The van der Waals surface area contributed by atoms with Crippen molar-refractivity contribution in [2.75, 3.05) is 5.75 Å². The van der Waals surface area contributed by atoms with Crippen molar-refractivity contribution in [1.29, 1.82) is 0 Å². The van der Waals surface area contributed by atoms with E-state index in [0.29, 0.717) is 17.2 Å². The summed E-state index contributed by atoms with van der Waals surface area (Å²) in [5.74, 6) is 0.528. The molecule has 0 aliphatic heterocycles. The Labute approximate surface area is 135 Å². The van der Waals surface area contributed by atoms with E-state index in [1.54, 1.807) is 29.8 Å². The van der Waals surface area contributed by atoms with Gasteiger partial charge < -0.3 is 4.57 Å². The van der Waals surface area contributed by atoms with Crippen LogP contribution in [0, 0.1) is 13.8 Å². The van der Waals surface area contributed by atoms with Crippen molar-refractivity contribution >= 4 is 21.0 Å². The molecule has 3 heterocycles. The van der Waals surface area contributed by atoms with Gasteiger partial charge in [-0.15, -0.1) is 0 Å². The standard InChI is InChI=1S/C16H18N4O2S/c1-5-23(21,22)13-7-6-11(3)18-14(13)16-19-12-8-10(2)9-17-15(12)20(16)4/h6-9H,5H2,1-4H3. The monoisotopic (exact) mass is 330 g/mol. The normalized spacial score (nSPS) is 12.0. The Hall–Kier alpha value is -2.28. The van der Waals surface area contributed by atoms with Gasteiger partial charge >= 0.3 is 0 Å². The highest BCUT2D eigenvalue weighted by Gasteiger charge is 2.23. The number of pyridine rings is 2. The number of fused-ring (bicyclic) bond motifs is 1. The molecular formula is C16H18N4O2S. The van der Waals surface area contributed by atoms with Crippen molar-refractivity contribution in [1.82, 2.24) is 19.5 Å². The number of hydrogen-bond acceptors (Lipinski definition) is 5. The van der Waals surface area contributed by atoms with Gasteiger partial charge in [-0.3, -0.25) is 0 Å². The Morgan fingerprint density at radius 3 is 2.61 bits per heavy atom. The van der Waals surface area contributed by atoms with E-state index >= 15 is 0 Å². The molecule has 0 fully saturated rings. The summed E-state index contributed by atoms with van der Waals surface area (Å²) < 4.78 is 26.6. The van der Waals surface area contributed by atoms with Crippen molar-refractivity contribution in [3.05, 3.63) is 35.7 Å². The minimum atomic E-state index is -3.39. The lowest BCUT2D eigenvalue weighted by molar-refractivity contribution is 0.597. The summed E-state index contributed by atoms with van der Waals surface area (Å²) in [4.78, 5) is 13.6.